The maximum Gasteiger partial charge on any atom is 0.0944 e. The van der Waals surface area contributed by atoms with Gasteiger partial charge in [0.1, 0.15) is 0 Å². The lowest BCUT2D eigenvalue weighted by Gasteiger charge is -2.10. The van der Waals surface area contributed by atoms with E-state index in [1.807, 2.05) is 13.0 Å². The number of hydrogen-bond donors (Lipinski definition) is 0. The number of nitriles is 1. The molecule has 2 heteroatoms. The summed E-state index contributed by atoms with van der Waals surface area (Å²) in [5.74, 6) is 0. The molecule has 0 aliphatic heterocycles. The molecule has 0 aliphatic carbocycles. The zero-order valence-electron chi connectivity index (χ0n) is 11.9. The van der Waals surface area contributed by atoms with Gasteiger partial charge in [-0.05, 0) is 63.1 Å². The highest BCUT2D eigenvalue weighted by Gasteiger charge is 2.09. The molecule has 0 fully saturated rings. The monoisotopic (exact) mass is 250 g/mol. The van der Waals surface area contributed by atoms with Gasteiger partial charge >= 0.3 is 0 Å². The van der Waals surface area contributed by atoms with Crippen LogP contribution in [0.25, 0.3) is 11.8 Å². The van der Waals surface area contributed by atoms with Crippen molar-refractivity contribution >= 4 is 6.08 Å². The summed E-state index contributed by atoms with van der Waals surface area (Å²) in [6, 6.07) is 12.7. The number of nitrogens with zero attached hydrogens (tertiary/aromatic N) is 2. The van der Waals surface area contributed by atoms with Gasteiger partial charge in [-0.1, -0.05) is 12.1 Å². The summed E-state index contributed by atoms with van der Waals surface area (Å²) in [4.78, 5) is 0. The fourth-order valence-corrected chi connectivity index (χ4v) is 2.36. The Morgan fingerprint density at radius 3 is 2.58 bits per heavy atom. The Labute approximate surface area is 114 Å². The average Bonchev–Trinajstić information content (AvgIpc) is 2.64. The summed E-state index contributed by atoms with van der Waals surface area (Å²) in [5, 5.41) is 8.89. The Balaban J connectivity index is 2.58. The van der Waals surface area contributed by atoms with Crippen LogP contribution in [-0.2, 0) is 0 Å². The summed E-state index contributed by atoms with van der Waals surface area (Å²) >= 11 is 0. The molecule has 0 bridgehead atoms. The SMILES string of the molecule is C/C(C#N)=C/c1cc(C)n(-c2cccc(C)c2)c1C. The first-order chi connectivity index (χ1) is 9.02. The first-order valence-electron chi connectivity index (χ1n) is 6.37. The molecule has 0 saturated carbocycles. The van der Waals surface area contributed by atoms with Gasteiger partial charge in [-0.15, -0.1) is 0 Å². The third kappa shape index (κ3) is 2.61. The summed E-state index contributed by atoms with van der Waals surface area (Å²) in [7, 11) is 0. The van der Waals surface area contributed by atoms with E-state index in [9.17, 15) is 0 Å². The van der Waals surface area contributed by atoms with Gasteiger partial charge in [0.15, 0.2) is 0 Å². The van der Waals surface area contributed by atoms with E-state index in [0.717, 1.165) is 16.8 Å². The van der Waals surface area contributed by atoms with Crippen molar-refractivity contribution in [1.29, 1.82) is 5.26 Å². The number of hydrogen-bond acceptors (Lipinski definition) is 1. The molecule has 2 nitrogen and oxygen atoms in total. The van der Waals surface area contributed by atoms with Crippen LogP contribution in [0.3, 0.4) is 0 Å². The van der Waals surface area contributed by atoms with Crippen molar-refractivity contribution in [3.8, 4) is 11.8 Å². The minimum Gasteiger partial charge on any atom is -0.318 e. The second kappa shape index (κ2) is 5.16. The molecule has 0 aliphatic rings. The fourth-order valence-electron chi connectivity index (χ4n) is 2.36. The number of aryl methyl sites for hydroxylation is 2. The number of aromatic nitrogens is 1. The van der Waals surface area contributed by atoms with E-state index in [1.165, 1.54) is 16.9 Å². The summed E-state index contributed by atoms with van der Waals surface area (Å²) in [5.41, 5.74) is 6.60. The second-order valence-electron chi connectivity index (χ2n) is 4.94. The van der Waals surface area contributed by atoms with Gasteiger partial charge in [-0.25, -0.2) is 0 Å². The van der Waals surface area contributed by atoms with Crippen molar-refractivity contribution in [3.05, 3.63) is 58.4 Å². The third-order valence-corrected chi connectivity index (χ3v) is 3.28. The molecule has 0 atom stereocenters. The van der Waals surface area contributed by atoms with Crippen LogP contribution < -0.4 is 0 Å². The van der Waals surface area contributed by atoms with Gasteiger partial charge in [0.2, 0.25) is 0 Å². The Morgan fingerprint density at radius 2 is 1.95 bits per heavy atom. The lowest BCUT2D eigenvalue weighted by Crippen LogP contribution is -1.99. The molecule has 19 heavy (non-hydrogen) atoms. The van der Waals surface area contributed by atoms with Gasteiger partial charge in [0, 0.05) is 22.6 Å². The van der Waals surface area contributed by atoms with E-state index in [4.69, 9.17) is 5.26 Å². The van der Waals surface area contributed by atoms with Gasteiger partial charge in [0.05, 0.1) is 6.07 Å². The van der Waals surface area contributed by atoms with Gasteiger partial charge in [-0.3, -0.25) is 0 Å². The van der Waals surface area contributed by atoms with Crippen LogP contribution in [0.1, 0.15) is 29.4 Å². The molecular weight excluding hydrogens is 232 g/mol. The predicted octanol–water partition coefficient (Wildman–Crippen LogP) is 4.33. The first-order valence-corrected chi connectivity index (χ1v) is 6.37. The highest BCUT2D eigenvalue weighted by molar-refractivity contribution is 5.61. The van der Waals surface area contributed by atoms with Crippen molar-refractivity contribution in [1.82, 2.24) is 4.57 Å². The molecule has 1 aromatic carbocycles. The predicted molar refractivity (Wildman–Crippen MR) is 79.2 cm³/mol. The molecule has 0 amide bonds. The van der Waals surface area contributed by atoms with Crippen LogP contribution in [-0.4, -0.2) is 4.57 Å². The van der Waals surface area contributed by atoms with Crippen LogP contribution in [0.2, 0.25) is 0 Å². The fraction of sp³-hybridized carbons (Fsp3) is 0.235. The molecule has 0 unspecified atom stereocenters. The smallest absolute Gasteiger partial charge is 0.0944 e. The normalized spacial score (nSPS) is 11.4. The largest absolute Gasteiger partial charge is 0.318 e. The Bertz CT molecular complexity index is 682. The maximum atomic E-state index is 8.89. The number of rotatable bonds is 2. The maximum absolute atomic E-state index is 8.89. The van der Waals surface area contributed by atoms with Gasteiger partial charge < -0.3 is 4.57 Å². The molecule has 1 aromatic heterocycles. The van der Waals surface area contributed by atoms with Crippen molar-refractivity contribution in [2.45, 2.75) is 27.7 Å². The van der Waals surface area contributed by atoms with Gasteiger partial charge in [0.25, 0.3) is 0 Å². The Morgan fingerprint density at radius 1 is 1.21 bits per heavy atom. The summed E-state index contributed by atoms with van der Waals surface area (Å²) < 4.78 is 2.23. The van der Waals surface area contributed by atoms with Crippen molar-refractivity contribution in [3.63, 3.8) is 0 Å². The lowest BCUT2D eigenvalue weighted by molar-refractivity contribution is 0.962. The molecule has 1 heterocycles. The van der Waals surface area contributed by atoms with E-state index >= 15 is 0 Å². The van der Waals surface area contributed by atoms with E-state index in [0.29, 0.717) is 0 Å². The van der Waals surface area contributed by atoms with Crippen molar-refractivity contribution < 1.29 is 0 Å². The molecule has 2 aromatic rings. The van der Waals surface area contributed by atoms with Crippen LogP contribution >= 0.6 is 0 Å². The molecule has 0 spiro atoms. The van der Waals surface area contributed by atoms with Crippen LogP contribution in [0.15, 0.2) is 35.9 Å². The van der Waals surface area contributed by atoms with Crippen LogP contribution in [0, 0.1) is 32.1 Å². The third-order valence-electron chi connectivity index (χ3n) is 3.28. The standard InChI is InChI=1S/C17H18N2/c1-12-6-5-7-17(9-12)19-14(3)10-16(15(19)4)8-13(2)11-18/h5-10H,1-4H3/b13-8-. The second-order valence-corrected chi connectivity index (χ2v) is 4.94. The average molecular weight is 250 g/mol. The zero-order chi connectivity index (χ0) is 14.0. The summed E-state index contributed by atoms with van der Waals surface area (Å²) in [6.45, 7) is 8.11. The van der Waals surface area contributed by atoms with E-state index in [-0.39, 0.29) is 0 Å². The highest BCUT2D eigenvalue weighted by atomic mass is 15.0. The molecule has 2 rings (SSSR count). The van der Waals surface area contributed by atoms with Crippen molar-refractivity contribution in [2.75, 3.05) is 0 Å². The Hall–Kier alpha value is -2.27. The molecule has 0 N–H and O–H groups in total. The summed E-state index contributed by atoms with van der Waals surface area (Å²) in [6.07, 6.45) is 1.94. The molecule has 0 radical (unpaired) electrons. The van der Waals surface area contributed by atoms with E-state index in [1.54, 1.807) is 0 Å². The van der Waals surface area contributed by atoms with Crippen LogP contribution in [0.5, 0.6) is 0 Å². The Kier molecular flexibility index (Phi) is 3.57. The highest BCUT2D eigenvalue weighted by Crippen LogP contribution is 2.23. The van der Waals surface area contributed by atoms with Crippen LogP contribution in [0.4, 0.5) is 0 Å². The quantitative estimate of drug-likeness (QED) is 0.729. The zero-order valence-corrected chi connectivity index (χ0v) is 11.9. The lowest BCUT2D eigenvalue weighted by atomic mass is 10.1. The molecule has 96 valence electrons. The number of benzene rings is 1. The topological polar surface area (TPSA) is 28.7 Å². The van der Waals surface area contributed by atoms with Gasteiger partial charge in [-0.2, -0.15) is 5.26 Å². The molecular formula is C17H18N2. The number of allylic oxidation sites excluding steroid dienone is 1. The van der Waals surface area contributed by atoms with E-state index < -0.39 is 0 Å². The minimum absolute atomic E-state index is 0.726. The molecule has 0 saturated heterocycles. The van der Waals surface area contributed by atoms with E-state index in [2.05, 4.69) is 61.7 Å². The first kappa shape index (κ1) is 13.2. The minimum atomic E-state index is 0.726. The van der Waals surface area contributed by atoms with Crippen molar-refractivity contribution in [2.24, 2.45) is 0 Å².